The van der Waals surface area contributed by atoms with Crippen LogP contribution in [0.1, 0.15) is 12.5 Å². The van der Waals surface area contributed by atoms with Crippen LogP contribution < -0.4 is 14.8 Å². The lowest BCUT2D eigenvalue weighted by Gasteiger charge is -2.19. The molecular formula is C18H16N2O3S. The van der Waals surface area contributed by atoms with Gasteiger partial charge in [0.05, 0.1) is 16.9 Å². The number of nitrogens with zero attached hydrogens (tertiary/aromatic N) is 1. The molecule has 24 heavy (non-hydrogen) atoms. The zero-order chi connectivity index (χ0) is 16.9. The van der Waals surface area contributed by atoms with E-state index in [0.29, 0.717) is 30.2 Å². The zero-order valence-corrected chi connectivity index (χ0v) is 13.9. The molecule has 6 heteroatoms. The van der Waals surface area contributed by atoms with Crippen molar-refractivity contribution in [3.63, 3.8) is 0 Å². The molecule has 122 valence electrons. The molecule has 0 saturated heterocycles. The van der Waals surface area contributed by atoms with E-state index in [1.54, 1.807) is 24.3 Å². The molecule has 1 amide bonds. The van der Waals surface area contributed by atoms with Gasteiger partial charge in [-0.15, -0.1) is 11.8 Å². The second-order valence-electron chi connectivity index (χ2n) is 5.24. The molecule has 0 aliphatic carbocycles. The summed E-state index contributed by atoms with van der Waals surface area (Å²) < 4.78 is 11.1. The summed E-state index contributed by atoms with van der Waals surface area (Å²) in [6.07, 6.45) is 0. The van der Waals surface area contributed by atoms with Crippen molar-refractivity contribution >= 4 is 23.4 Å². The summed E-state index contributed by atoms with van der Waals surface area (Å²) in [5, 5.41) is 11.4. The summed E-state index contributed by atoms with van der Waals surface area (Å²) in [5.41, 5.74) is 1.24. The molecule has 1 N–H and O–H groups in total. The number of hydrogen-bond donors (Lipinski definition) is 1. The van der Waals surface area contributed by atoms with Crippen LogP contribution in [0.25, 0.3) is 0 Å². The summed E-state index contributed by atoms with van der Waals surface area (Å²) in [6, 6.07) is 14.5. The minimum absolute atomic E-state index is 0.0976. The van der Waals surface area contributed by atoms with Gasteiger partial charge in [-0.2, -0.15) is 5.26 Å². The van der Waals surface area contributed by atoms with Crippen molar-refractivity contribution in [3.05, 3.63) is 48.0 Å². The maximum Gasteiger partial charge on any atom is 0.237 e. The lowest BCUT2D eigenvalue weighted by Crippen LogP contribution is -2.22. The molecule has 0 bridgehead atoms. The normalized spacial score (nSPS) is 13.7. The molecule has 1 atom stereocenters. The lowest BCUT2D eigenvalue weighted by molar-refractivity contribution is -0.115. The Bertz CT molecular complexity index is 784. The van der Waals surface area contributed by atoms with Crippen molar-refractivity contribution in [3.8, 4) is 17.6 Å². The first-order valence-corrected chi connectivity index (χ1v) is 8.41. The molecule has 0 saturated carbocycles. The van der Waals surface area contributed by atoms with Crippen LogP contribution in [0.2, 0.25) is 0 Å². The molecule has 3 rings (SSSR count). The highest BCUT2D eigenvalue weighted by molar-refractivity contribution is 8.00. The van der Waals surface area contributed by atoms with Crippen LogP contribution in [0.5, 0.6) is 11.5 Å². The quantitative estimate of drug-likeness (QED) is 0.863. The van der Waals surface area contributed by atoms with Gasteiger partial charge in [-0.25, -0.2) is 0 Å². The van der Waals surface area contributed by atoms with E-state index in [-0.39, 0.29) is 11.2 Å². The van der Waals surface area contributed by atoms with Crippen molar-refractivity contribution in [2.24, 2.45) is 0 Å². The highest BCUT2D eigenvalue weighted by atomic mass is 32.2. The fraction of sp³-hybridized carbons (Fsp3) is 0.222. The van der Waals surface area contributed by atoms with Gasteiger partial charge in [0.15, 0.2) is 11.5 Å². The monoisotopic (exact) mass is 340 g/mol. The summed E-state index contributed by atoms with van der Waals surface area (Å²) in [7, 11) is 0. The van der Waals surface area contributed by atoms with Crippen molar-refractivity contribution in [1.29, 1.82) is 5.26 Å². The number of carbonyl (C=O) groups is 1. The SMILES string of the molecule is C[C@H](Sc1ccc2c(c1)OCCO2)C(=O)Nc1ccc(C#N)cc1. The zero-order valence-electron chi connectivity index (χ0n) is 13.1. The Morgan fingerprint density at radius 2 is 1.88 bits per heavy atom. The van der Waals surface area contributed by atoms with Gasteiger partial charge >= 0.3 is 0 Å². The van der Waals surface area contributed by atoms with Gasteiger partial charge in [0, 0.05) is 10.6 Å². The summed E-state index contributed by atoms with van der Waals surface area (Å²) >= 11 is 1.45. The molecule has 0 aromatic heterocycles. The van der Waals surface area contributed by atoms with Gasteiger partial charge in [0.1, 0.15) is 13.2 Å². The van der Waals surface area contributed by atoms with Crippen molar-refractivity contribution in [2.45, 2.75) is 17.1 Å². The highest BCUT2D eigenvalue weighted by Crippen LogP contribution is 2.35. The first kappa shape index (κ1) is 16.2. The predicted molar refractivity (Wildman–Crippen MR) is 92.5 cm³/mol. The van der Waals surface area contributed by atoms with Crippen molar-refractivity contribution in [2.75, 3.05) is 18.5 Å². The number of nitrogens with one attached hydrogen (secondary N) is 1. The number of anilines is 1. The van der Waals surface area contributed by atoms with E-state index in [4.69, 9.17) is 14.7 Å². The Balaban J connectivity index is 1.62. The minimum atomic E-state index is -0.275. The average molecular weight is 340 g/mol. The molecule has 1 aliphatic rings. The van der Waals surface area contributed by atoms with E-state index in [1.807, 2.05) is 31.2 Å². The van der Waals surface area contributed by atoms with Gasteiger partial charge in [0.25, 0.3) is 0 Å². The number of ether oxygens (including phenoxy) is 2. The van der Waals surface area contributed by atoms with Gasteiger partial charge in [-0.1, -0.05) is 0 Å². The van der Waals surface area contributed by atoms with Crippen LogP contribution in [0, 0.1) is 11.3 Å². The van der Waals surface area contributed by atoms with Crippen molar-refractivity contribution < 1.29 is 14.3 Å². The number of amides is 1. The molecule has 0 unspecified atom stereocenters. The molecule has 2 aromatic rings. The maximum absolute atomic E-state index is 12.3. The molecule has 1 aliphatic heterocycles. The predicted octanol–water partition coefficient (Wildman–Crippen LogP) is 3.45. The van der Waals surface area contributed by atoms with Crippen LogP contribution in [-0.4, -0.2) is 24.4 Å². The van der Waals surface area contributed by atoms with E-state index in [1.165, 1.54) is 11.8 Å². The second-order valence-corrected chi connectivity index (χ2v) is 6.66. The molecular weight excluding hydrogens is 324 g/mol. The number of hydrogen-bond acceptors (Lipinski definition) is 5. The Kier molecular flexibility index (Phi) is 4.92. The lowest BCUT2D eigenvalue weighted by atomic mass is 10.2. The molecule has 2 aromatic carbocycles. The number of benzene rings is 2. The molecule has 0 fully saturated rings. The fourth-order valence-corrected chi connectivity index (χ4v) is 3.12. The highest BCUT2D eigenvalue weighted by Gasteiger charge is 2.17. The third-order valence-corrected chi connectivity index (χ3v) is 4.57. The summed E-state index contributed by atoms with van der Waals surface area (Å²) in [5.74, 6) is 1.35. The van der Waals surface area contributed by atoms with Gasteiger partial charge in [-0.3, -0.25) is 4.79 Å². The van der Waals surface area contributed by atoms with Gasteiger partial charge in [-0.05, 0) is 49.4 Å². The van der Waals surface area contributed by atoms with E-state index in [9.17, 15) is 4.79 Å². The number of fused-ring (bicyclic) bond motifs is 1. The van der Waals surface area contributed by atoms with Crippen LogP contribution in [0.4, 0.5) is 5.69 Å². The first-order valence-electron chi connectivity index (χ1n) is 7.53. The van der Waals surface area contributed by atoms with Crippen LogP contribution in [-0.2, 0) is 4.79 Å². The maximum atomic E-state index is 12.3. The topological polar surface area (TPSA) is 71.3 Å². The van der Waals surface area contributed by atoms with E-state index in [2.05, 4.69) is 5.32 Å². The van der Waals surface area contributed by atoms with Crippen LogP contribution in [0.3, 0.4) is 0 Å². The Morgan fingerprint density at radius 3 is 2.58 bits per heavy atom. The molecule has 1 heterocycles. The van der Waals surface area contributed by atoms with E-state index in [0.717, 1.165) is 10.6 Å². The Labute approximate surface area is 144 Å². The second kappa shape index (κ2) is 7.28. The third-order valence-electron chi connectivity index (χ3n) is 3.48. The average Bonchev–Trinajstić information content (AvgIpc) is 2.62. The smallest absolute Gasteiger partial charge is 0.237 e. The Morgan fingerprint density at radius 1 is 1.17 bits per heavy atom. The Hall–Kier alpha value is -2.65. The molecule has 5 nitrogen and oxygen atoms in total. The standard InChI is InChI=1S/C18H16N2O3S/c1-12(18(21)20-14-4-2-13(11-19)3-5-14)24-15-6-7-16-17(10-15)23-9-8-22-16/h2-7,10,12H,8-9H2,1H3,(H,20,21)/t12-/m0/s1. The third kappa shape index (κ3) is 3.81. The van der Waals surface area contributed by atoms with E-state index < -0.39 is 0 Å². The van der Waals surface area contributed by atoms with Gasteiger partial charge in [0.2, 0.25) is 5.91 Å². The summed E-state index contributed by atoms with van der Waals surface area (Å²) in [4.78, 5) is 13.3. The fourth-order valence-electron chi connectivity index (χ4n) is 2.23. The summed E-state index contributed by atoms with van der Waals surface area (Å²) in [6.45, 7) is 2.94. The largest absolute Gasteiger partial charge is 0.486 e. The number of carbonyl (C=O) groups excluding carboxylic acids is 1. The number of rotatable bonds is 4. The molecule has 0 spiro atoms. The number of thioether (sulfide) groups is 1. The van der Waals surface area contributed by atoms with Crippen molar-refractivity contribution in [1.82, 2.24) is 0 Å². The van der Waals surface area contributed by atoms with E-state index >= 15 is 0 Å². The molecule has 0 radical (unpaired) electrons. The van der Waals surface area contributed by atoms with Gasteiger partial charge < -0.3 is 14.8 Å². The van der Waals surface area contributed by atoms with Crippen LogP contribution >= 0.6 is 11.8 Å². The van der Waals surface area contributed by atoms with Crippen LogP contribution in [0.15, 0.2) is 47.4 Å². The number of nitriles is 1. The first-order chi connectivity index (χ1) is 11.7. The minimum Gasteiger partial charge on any atom is -0.486 e.